The third-order valence-corrected chi connectivity index (χ3v) is 10.8. The number of benzene rings is 1. The smallest absolute Gasteiger partial charge is 0.123 e. The van der Waals surface area contributed by atoms with Gasteiger partial charge < -0.3 is 0 Å². The van der Waals surface area contributed by atoms with Gasteiger partial charge in [0.15, 0.2) is 0 Å². The number of fused-ring (bicyclic) bond motifs is 5. The quantitative estimate of drug-likeness (QED) is 0.501. The van der Waals surface area contributed by atoms with Crippen LogP contribution < -0.4 is 0 Å². The minimum absolute atomic E-state index is 0.112. The third-order valence-electron chi connectivity index (χ3n) is 9.45. The van der Waals surface area contributed by atoms with E-state index < -0.39 is 0 Å². The number of thioether (sulfide) groups is 1. The van der Waals surface area contributed by atoms with Crippen molar-refractivity contribution in [1.82, 2.24) is 0 Å². The van der Waals surface area contributed by atoms with Crippen LogP contribution in [0.2, 0.25) is 0 Å². The van der Waals surface area contributed by atoms with E-state index in [0.717, 1.165) is 28.9 Å². The molecule has 7 atom stereocenters. The fourth-order valence-corrected chi connectivity index (χ4v) is 9.71. The summed E-state index contributed by atoms with van der Waals surface area (Å²) in [5, 5.41) is 0.727. The molecule has 0 unspecified atom stereocenters. The van der Waals surface area contributed by atoms with Gasteiger partial charge in [-0.2, -0.15) is 0 Å². The van der Waals surface area contributed by atoms with E-state index in [1.165, 1.54) is 69.1 Å². The van der Waals surface area contributed by atoms with Crippen molar-refractivity contribution >= 4 is 11.8 Å². The lowest BCUT2D eigenvalue weighted by Gasteiger charge is -2.62. The van der Waals surface area contributed by atoms with Crippen LogP contribution in [0.15, 0.2) is 29.2 Å². The van der Waals surface area contributed by atoms with Crippen LogP contribution in [0.1, 0.15) is 78.1 Å². The lowest BCUT2D eigenvalue weighted by Crippen LogP contribution is -2.55. The Kier molecular flexibility index (Phi) is 4.65. The predicted molar refractivity (Wildman–Crippen MR) is 112 cm³/mol. The maximum Gasteiger partial charge on any atom is 0.123 e. The van der Waals surface area contributed by atoms with Gasteiger partial charge in [0.05, 0.1) is 0 Å². The number of hydrogen-bond acceptors (Lipinski definition) is 1. The summed E-state index contributed by atoms with van der Waals surface area (Å²) >= 11 is 2.08. The first-order valence-corrected chi connectivity index (χ1v) is 12.3. The van der Waals surface area contributed by atoms with Crippen molar-refractivity contribution in [2.45, 2.75) is 88.2 Å². The number of halogens is 1. The van der Waals surface area contributed by atoms with Gasteiger partial charge in [0.1, 0.15) is 5.82 Å². The molecule has 27 heavy (non-hydrogen) atoms. The maximum absolute atomic E-state index is 13.4. The monoisotopic (exact) mass is 386 g/mol. The number of hydrogen-bond donors (Lipinski definition) is 0. The molecule has 1 aromatic carbocycles. The summed E-state index contributed by atoms with van der Waals surface area (Å²) in [6, 6.07) is 7.30. The summed E-state index contributed by atoms with van der Waals surface area (Å²) in [5.74, 6) is 3.60. The average Bonchev–Trinajstić information content (AvgIpc) is 3.05. The summed E-state index contributed by atoms with van der Waals surface area (Å²) in [5.41, 5.74) is 1.17. The molecule has 0 heterocycles. The second-order valence-electron chi connectivity index (χ2n) is 10.7. The molecule has 4 saturated carbocycles. The first-order chi connectivity index (χ1) is 13.0. The molecule has 0 N–H and O–H groups in total. The highest BCUT2D eigenvalue weighted by atomic mass is 32.2. The van der Waals surface area contributed by atoms with Crippen LogP contribution in [0.4, 0.5) is 4.39 Å². The van der Waals surface area contributed by atoms with Gasteiger partial charge in [-0.05, 0) is 104 Å². The Morgan fingerprint density at radius 2 is 1.63 bits per heavy atom. The van der Waals surface area contributed by atoms with E-state index in [9.17, 15) is 4.39 Å². The lowest BCUT2D eigenvalue weighted by molar-refractivity contribution is -0.0994. The van der Waals surface area contributed by atoms with Gasteiger partial charge >= 0.3 is 0 Å². The van der Waals surface area contributed by atoms with Crippen molar-refractivity contribution in [3.63, 3.8) is 0 Å². The normalized spacial score (nSPS) is 46.4. The zero-order valence-electron chi connectivity index (χ0n) is 17.1. The van der Waals surface area contributed by atoms with Gasteiger partial charge in [-0.1, -0.05) is 33.1 Å². The van der Waals surface area contributed by atoms with Crippen molar-refractivity contribution in [1.29, 1.82) is 0 Å². The zero-order chi connectivity index (χ0) is 18.6. The standard InChI is InChI=1S/C25H35FS/c1-24-13-5-7-20(24)19-16-23(27-18-10-8-17(26)9-11-18)22-6-3-4-14-25(22,2)21(19)12-15-24/h8-11,19-23H,3-7,12-16H2,1-2H3/t19-,20-,21-,22+,23+,24-,25+/m0/s1. The Balaban J connectivity index is 1.47. The Labute approximate surface area is 169 Å². The summed E-state index contributed by atoms with van der Waals surface area (Å²) in [7, 11) is 0. The molecule has 2 heteroatoms. The van der Waals surface area contributed by atoms with E-state index in [1.807, 2.05) is 12.1 Å². The van der Waals surface area contributed by atoms with Crippen molar-refractivity contribution < 1.29 is 4.39 Å². The van der Waals surface area contributed by atoms with Crippen LogP contribution >= 0.6 is 11.8 Å². The first-order valence-electron chi connectivity index (χ1n) is 11.4. The van der Waals surface area contributed by atoms with Crippen molar-refractivity contribution in [3.05, 3.63) is 30.1 Å². The third kappa shape index (κ3) is 3.00. The fraction of sp³-hybridized carbons (Fsp3) is 0.760. The highest BCUT2D eigenvalue weighted by Gasteiger charge is 2.59. The molecule has 0 aliphatic heterocycles. The van der Waals surface area contributed by atoms with Gasteiger partial charge in [0.25, 0.3) is 0 Å². The van der Waals surface area contributed by atoms with E-state index in [2.05, 4.69) is 25.6 Å². The summed E-state index contributed by atoms with van der Waals surface area (Å²) < 4.78 is 13.4. The molecule has 0 spiro atoms. The molecule has 0 radical (unpaired) electrons. The lowest BCUT2D eigenvalue weighted by atomic mass is 9.45. The molecule has 4 aliphatic rings. The predicted octanol–water partition coefficient (Wildman–Crippen LogP) is 7.72. The molecule has 4 aliphatic carbocycles. The van der Waals surface area contributed by atoms with Gasteiger partial charge in [-0.15, -0.1) is 11.8 Å². The molecule has 148 valence electrons. The SMILES string of the molecule is C[C@@]12CCC[C@H]1[C@@H]1C[C@@H](Sc3ccc(F)cc3)[C@H]3CCCC[C@]3(C)[C@H]1CC2. The molecule has 1 aromatic rings. The van der Waals surface area contributed by atoms with E-state index >= 15 is 0 Å². The van der Waals surface area contributed by atoms with Gasteiger partial charge in [-0.3, -0.25) is 0 Å². The highest BCUT2D eigenvalue weighted by Crippen LogP contribution is 2.67. The van der Waals surface area contributed by atoms with Crippen molar-refractivity contribution in [3.8, 4) is 0 Å². The molecule has 0 amide bonds. The van der Waals surface area contributed by atoms with Gasteiger partial charge in [0.2, 0.25) is 0 Å². The molecule has 0 aromatic heterocycles. The van der Waals surface area contributed by atoms with Crippen LogP contribution in [0.25, 0.3) is 0 Å². The fourth-order valence-electron chi connectivity index (χ4n) is 8.13. The maximum atomic E-state index is 13.4. The molecule has 0 saturated heterocycles. The molecule has 0 bridgehead atoms. The van der Waals surface area contributed by atoms with E-state index in [1.54, 1.807) is 12.1 Å². The molecule has 5 rings (SSSR count). The summed E-state index contributed by atoms with van der Waals surface area (Å²) in [4.78, 5) is 1.28. The van der Waals surface area contributed by atoms with Gasteiger partial charge in [-0.25, -0.2) is 4.39 Å². The van der Waals surface area contributed by atoms with Gasteiger partial charge in [0, 0.05) is 10.1 Å². The van der Waals surface area contributed by atoms with Crippen molar-refractivity contribution in [2.24, 2.45) is 34.5 Å². The van der Waals surface area contributed by atoms with E-state index in [4.69, 9.17) is 0 Å². The first kappa shape index (κ1) is 18.5. The molecular weight excluding hydrogens is 351 g/mol. The van der Waals surface area contributed by atoms with Crippen LogP contribution in [0.5, 0.6) is 0 Å². The minimum Gasteiger partial charge on any atom is -0.207 e. The second kappa shape index (κ2) is 6.78. The average molecular weight is 387 g/mol. The summed E-state index contributed by atoms with van der Waals surface area (Å²) in [6.07, 6.45) is 14.5. The molecule has 4 fully saturated rings. The minimum atomic E-state index is -0.112. The van der Waals surface area contributed by atoms with E-state index in [-0.39, 0.29) is 5.82 Å². The van der Waals surface area contributed by atoms with Crippen molar-refractivity contribution in [2.75, 3.05) is 0 Å². The Morgan fingerprint density at radius 1 is 0.852 bits per heavy atom. The zero-order valence-corrected chi connectivity index (χ0v) is 17.9. The van der Waals surface area contributed by atoms with Crippen LogP contribution in [-0.4, -0.2) is 5.25 Å². The van der Waals surface area contributed by atoms with E-state index in [0.29, 0.717) is 10.8 Å². The summed E-state index contributed by atoms with van der Waals surface area (Å²) in [6.45, 7) is 5.28. The Morgan fingerprint density at radius 3 is 2.44 bits per heavy atom. The second-order valence-corrected chi connectivity index (χ2v) is 12.0. The highest BCUT2D eigenvalue weighted by molar-refractivity contribution is 8.00. The van der Waals surface area contributed by atoms with Crippen LogP contribution in [0, 0.1) is 40.3 Å². The molecular formula is C25H35FS. The number of rotatable bonds is 2. The largest absolute Gasteiger partial charge is 0.207 e. The van der Waals surface area contributed by atoms with Crippen LogP contribution in [-0.2, 0) is 0 Å². The van der Waals surface area contributed by atoms with Crippen LogP contribution in [0.3, 0.4) is 0 Å². The Hall–Kier alpha value is -0.500. The topological polar surface area (TPSA) is 0 Å². The Bertz CT molecular complexity index is 684. The molecule has 0 nitrogen and oxygen atoms in total.